The SMILES string of the molecule is Nc1ncnc2c1ncn2[C@@H]1O[C@H](COP(=O)([O-])O)[C@@H](O)[C@H]1O.[Na+]. The quantitative estimate of drug-likeness (QED) is 0.297. The van der Waals surface area contributed by atoms with E-state index in [2.05, 4.69) is 19.5 Å². The average Bonchev–Trinajstić information content (AvgIpc) is 3.01. The van der Waals surface area contributed by atoms with Gasteiger partial charge < -0.3 is 35.0 Å². The molecule has 1 fully saturated rings. The van der Waals surface area contributed by atoms with Crippen LogP contribution >= 0.6 is 7.82 Å². The van der Waals surface area contributed by atoms with E-state index in [0.717, 1.165) is 0 Å². The van der Waals surface area contributed by atoms with E-state index in [-0.39, 0.29) is 46.5 Å². The molecule has 3 rings (SSSR count). The van der Waals surface area contributed by atoms with Gasteiger partial charge in [0.1, 0.15) is 30.2 Å². The van der Waals surface area contributed by atoms with Gasteiger partial charge in [-0.15, -0.1) is 0 Å². The van der Waals surface area contributed by atoms with Gasteiger partial charge in [-0.1, -0.05) is 0 Å². The standard InChI is InChI=1S/C10H14N5O7P.Na/c11-8-5-9(13-2-12-8)15(3-14-5)10-7(17)6(16)4(22-10)1-21-23(18,19)20;/h2-4,6-7,10,16-17H,1H2,(H2,11,12,13)(H2,18,19,20);/q;+1/p-1/t4-,6-,7-,10-;/m1./s1. The van der Waals surface area contributed by atoms with Crippen molar-refractivity contribution in [3.8, 4) is 0 Å². The molecule has 5 atom stereocenters. The number of aliphatic hydroxyl groups excluding tert-OH is 2. The first-order valence-electron chi connectivity index (χ1n) is 6.41. The number of nitrogens with zero attached hydrogens (tertiary/aromatic N) is 4. The second-order valence-electron chi connectivity index (χ2n) is 4.89. The third-order valence-corrected chi connectivity index (χ3v) is 3.88. The molecule has 126 valence electrons. The summed E-state index contributed by atoms with van der Waals surface area (Å²) in [6, 6.07) is 0. The van der Waals surface area contributed by atoms with Crippen molar-refractivity contribution in [2.24, 2.45) is 0 Å². The molecule has 3 heterocycles. The molecule has 0 amide bonds. The van der Waals surface area contributed by atoms with Gasteiger partial charge in [-0.2, -0.15) is 0 Å². The molecule has 0 radical (unpaired) electrons. The minimum atomic E-state index is -4.97. The van der Waals surface area contributed by atoms with Crippen molar-refractivity contribution >= 4 is 24.8 Å². The summed E-state index contributed by atoms with van der Waals surface area (Å²) in [6.07, 6.45) is -2.62. The number of nitrogen functional groups attached to an aromatic ring is 1. The second-order valence-corrected chi connectivity index (χ2v) is 6.09. The molecule has 1 saturated heterocycles. The van der Waals surface area contributed by atoms with Crippen LogP contribution in [-0.2, 0) is 13.8 Å². The van der Waals surface area contributed by atoms with E-state index >= 15 is 0 Å². The Kier molecular flexibility index (Phi) is 5.98. The predicted molar refractivity (Wildman–Crippen MR) is 71.4 cm³/mol. The summed E-state index contributed by atoms with van der Waals surface area (Å²) in [5, 5.41) is 20.0. The fourth-order valence-electron chi connectivity index (χ4n) is 2.32. The smallest absolute Gasteiger partial charge is 0.756 e. The number of ether oxygens (including phenoxy) is 1. The number of nitrogens with two attached hydrogens (primary N) is 1. The van der Waals surface area contributed by atoms with Gasteiger partial charge in [-0.25, -0.2) is 15.0 Å². The zero-order chi connectivity index (χ0) is 16.8. The van der Waals surface area contributed by atoms with Crippen LogP contribution in [0.5, 0.6) is 0 Å². The zero-order valence-corrected chi connectivity index (χ0v) is 15.4. The van der Waals surface area contributed by atoms with Gasteiger partial charge in [0.25, 0.3) is 7.82 Å². The number of fused-ring (bicyclic) bond motifs is 1. The van der Waals surface area contributed by atoms with Crippen LogP contribution in [0.25, 0.3) is 11.2 Å². The summed E-state index contributed by atoms with van der Waals surface area (Å²) >= 11 is 0. The Morgan fingerprint density at radius 3 is 2.75 bits per heavy atom. The van der Waals surface area contributed by atoms with E-state index in [1.165, 1.54) is 17.2 Å². The molecule has 0 aromatic carbocycles. The minimum absolute atomic E-state index is 0. The molecule has 1 unspecified atom stereocenters. The van der Waals surface area contributed by atoms with Crippen molar-refractivity contribution in [3.63, 3.8) is 0 Å². The molecule has 24 heavy (non-hydrogen) atoms. The fraction of sp³-hybridized carbons (Fsp3) is 0.500. The van der Waals surface area contributed by atoms with Gasteiger partial charge in [0.15, 0.2) is 17.7 Å². The normalized spacial score (nSPS) is 29.3. The van der Waals surface area contributed by atoms with Crippen LogP contribution in [0.15, 0.2) is 12.7 Å². The minimum Gasteiger partial charge on any atom is -0.756 e. The van der Waals surface area contributed by atoms with E-state index in [4.69, 9.17) is 15.4 Å². The van der Waals surface area contributed by atoms with Crippen molar-refractivity contribution in [2.45, 2.75) is 24.5 Å². The monoisotopic (exact) mass is 369 g/mol. The molecule has 12 nitrogen and oxygen atoms in total. The second kappa shape index (κ2) is 7.30. The number of hydrogen-bond acceptors (Lipinski definition) is 10. The number of anilines is 1. The summed E-state index contributed by atoms with van der Waals surface area (Å²) in [4.78, 5) is 31.0. The summed E-state index contributed by atoms with van der Waals surface area (Å²) in [5.41, 5.74) is 6.22. The van der Waals surface area contributed by atoms with Gasteiger partial charge in [-0.05, 0) is 0 Å². The first-order valence-corrected chi connectivity index (χ1v) is 7.90. The molecule has 0 saturated carbocycles. The summed E-state index contributed by atoms with van der Waals surface area (Å²) in [5.74, 6) is 0.134. The van der Waals surface area contributed by atoms with Crippen LogP contribution in [0.2, 0.25) is 0 Å². The third kappa shape index (κ3) is 3.78. The first kappa shape index (κ1) is 19.7. The molecule has 1 aliphatic heterocycles. The summed E-state index contributed by atoms with van der Waals surface area (Å²) in [7, 11) is -4.97. The van der Waals surface area contributed by atoms with Crippen molar-refractivity contribution in [1.82, 2.24) is 19.5 Å². The van der Waals surface area contributed by atoms with Gasteiger partial charge in [-0.3, -0.25) is 9.13 Å². The predicted octanol–water partition coefficient (Wildman–Crippen LogP) is -5.49. The third-order valence-electron chi connectivity index (χ3n) is 3.40. The van der Waals surface area contributed by atoms with Crippen LogP contribution in [0, 0.1) is 0 Å². The number of hydrogen-bond donors (Lipinski definition) is 4. The first-order chi connectivity index (χ1) is 10.8. The molecule has 0 aliphatic carbocycles. The molecule has 14 heteroatoms. The number of rotatable bonds is 4. The van der Waals surface area contributed by atoms with Crippen molar-refractivity contribution in [2.75, 3.05) is 12.3 Å². The Morgan fingerprint density at radius 2 is 2.08 bits per heavy atom. The molecule has 2 aromatic rings. The van der Waals surface area contributed by atoms with Gasteiger partial charge in [0, 0.05) is 0 Å². The van der Waals surface area contributed by atoms with E-state index in [0.29, 0.717) is 0 Å². The maximum absolute atomic E-state index is 10.6. The van der Waals surface area contributed by atoms with E-state index in [1.54, 1.807) is 0 Å². The van der Waals surface area contributed by atoms with Crippen LogP contribution < -0.4 is 40.2 Å². The zero-order valence-electron chi connectivity index (χ0n) is 12.5. The number of aromatic nitrogens is 4. The van der Waals surface area contributed by atoms with E-state index < -0.39 is 39.0 Å². The Morgan fingerprint density at radius 1 is 1.38 bits per heavy atom. The Bertz CT molecular complexity index is 769. The van der Waals surface area contributed by atoms with Crippen LogP contribution in [0.3, 0.4) is 0 Å². The Hall–Kier alpha value is -0.660. The molecule has 0 bridgehead atoms. The van der Waals surface area contributed by atoms with Gasteiger partial charge in [0.2, 0.25) is 0 Å². The van der Waals surface area contributed by atoms with Crippen LogP contribution in [0.1, 0.15) is 6.23 Å². The average molecular weight is 369 g/mol. The Balaban J connectivity index is 0.00000208. The molecular weight excluding hydrogens is 356 g/mol. The summed E-state index contributed by atoms with van der Waals surface area (Å²) in [6.45, 7) is -0.657. The summed E-state index contributed by atoms with van der Waals surface area (Å²) < 4.78 is 21.5. The maximum atomic E-state index is 10.6. The van der Waals surface area contributed by atoms with Crippen molar-refractivity contribution < 1.29 is 63.4 Å². The van der Waals surface area contributed by atoms with E-state index in [1.807, 2.05) is 0 Å². The van der Waals surface area contributed by atoms with Gasteiger partial charge >= 0.3 is 29.6 Å². The Labute approximate surface area is 157 Å². The van der Waals surface area contributed by atoms with Crippen molar-refractivity contribution in [3.05, 3.63) is 12.7 Å². The molecule has 5 N–H and O–H groups in total. The van der Waals surface area contributed by atoms with Gasteiger partial charge in [0.05, 0.1) is 12.9 Å². The maximum Gasteiger partial charge on any atom is 1.00 e. The molecule has 1 aliphatic rings. The largest absolute Gasteiger partial charge is 1.00 e. The molecular formula is C10H13N5NaO7P. The molecule has 2 aromatic heterocycles. The van der Waals surface area contributed by atoms with Crippen LogP contribution in [-0.4, -0.2) is 59.5 Å². The van der Waals surface area contributed by atoms with E-state index in [9.17, 15) is 19.7 Å². The van der Waals surface area contributed by atoms with Crippen LogP contribution in [0.4, 0.5) is 5.82 Å². The topological polar surface area (TPSA) is 189 Å². The number of imidazole rings is 1. The fourth-order valence-corrected chi connectivity index (χ4v) is 2.66. The molecule has 0 spiro atoms. The van der Waals surface area contributed by atoms with Crippen molar-refractivity contribution in [1.29, 1.82) is 0 Å². The number of phosphoric ester groups is 1. The number of phosphoric acid groups is 1. The number of aliphatic hydroxyl groups is 2.